The van der Waals surface area contributed by atoms with Crippen LogP contribution in [0.1, 0.15) is 32.4 Å². The molecule has 1 aliphatic heterocycles. The number of para-hydroxylation sites is 1. The van der Waals surface area contributed by atoms with Crippen molar-refractivity contribution in [1.82, 2.24) is 20.0 Å². The maximum Gasteiger partial charge on any atom is 0.317 e. The number of hydrogen-bond acceptors (Lipinski definition) is 4. The van der Waals surface area contributed by atoms with Gasteiger partial charge in [-0.3, -0.25) is 4.90 Å². The van der Waals surface area contributed by atoms with E-state index in [4.69, 9.17) is 4.74 Å². The quantitative estimate of drug-likeness (QED) is 0.772. The number of likely N-dealkylation sites (N-methyl/N-ethyl adjacent to an activating group) is 1. The zero-order chi connectivity index (χ0) is 18.9. The van der Waals surface area contributed by atoms with E-state index in [1.54, 1.807) is 7.11 Å². The van der Waals surface area contributed by atoms with Gasteiger partial charge >= 0.3 is 6.03 Å². The van der Waals surface area contributed by atoms with Crippen molar-refractivity contribution in [2.75, 3.05) is 59.5 Å². The maximum atomic E-state index is 12.4. The van der Waals surface area contributed by atoms with Gasteiger partial charge in [-0.15, -0.1) is 0 Å². The van der Waals surface area contributed by atoms with Crippen molar-refractivity contribution in [2.24, 2.45) is 0 Å². The predicted molar refractivity (Wildman–Crippen MR) is 106 cm³/mol. The molecule has 1 heterocycles. The number of carbonyl (C=O) groups is 1. The van der Waals surface area contributed by atoms with Crippen LogP contribution in [0.15, 0.2) is 24.3 Å². The molecule has 6 nitrogen and oxygen atoms in total. The summed E-state index contributed by atoms with van der Waals surface area (Å²) < 4.78 is 5.60. The van der Waals surface area contributed by atoms with Crippen molar-refractivity contribution >= 4 is 6.03 Å². The zero-order valence-electron chi connectivity index (χ0n) is 16.7. The fourth-order valence-corrected chi connectivity index (χ4v) is 3.58. The molecule has 1 atom stereocenters. The number of rotatable bonds is 8. The molecular formula is C20H34N4O2. The number of carbonyl (C=O) groups excluding carboxylic acids is 1. The van der Waals surface area contributed by atoms with E-state index in [9.17, 15) is 4.79 Å². The van der Waals surface area contributed by atoms with Gasteiger partial charge in [-0.2, -0.15) is 0 Å². The second kappa shape index (κ2) is 10.4. The lowest BCUT2D eigenvalue weighted by molar-refractivity contribution is 0.0968. The lowest BCUT2D eigenvalue weighted by Gasteiger charge is -2.39. The third kappa shape index (κ3) is 5.11. The fourth-order valence-electron chi connectivity index (χ4n) is 3.58. The van der Waals surface area contributed by atoms with Crippen LogP contribution in [-0.2, 0) is 0 Å². The Morgan fingerprint density at radius 3 is 2.38 bits per heavy atom. The molecule has 0 aliphatic carbocycles. The van der Waals surface area contributed by atoms with Crippen LogP contribution < -0.4 is 10.1 Å². The average molecular weight is 363 g/mol. The van der Waals surface area contributed by atoms with Crippen LogP contribution in [0.25, 0.3) is 0 Å². The van der Waals surface area contributed by atoms with Gasteiger partial charge in [0.1, 0.15) is 5.75 Å². The highest BCUT2D eigenvalue weighted by Gasteiger charge is 2.27. The van der Waals surface area contributed by atoms with Crippen LogP contribution in [0, 0.1) is 0 Å². The lowest BCUT2D eigenvalue weighted by atomic mass is 10.0. The van der Waals surface area contributed by atoms with E-state index in [1.165, 1.54) is 0 Å². The van der Waals surface area contributed by atoms with E-state index in [2.05, 4.69) is 28.1 Å². The molecule has 2 rings (SSSR count). The Morgan fingerprint density at radius 1 is 1.15 bits per heavy atom. The van der Waals surface area contributed by atoms with Crippen molar-refractivity contribution in [3.05, 3.63) is 29.8 Å². The normalized spacial score (nSPS) is 16.9. The molecule has 6 heteroatoms. The third-order valence-corrected chi connectivity index (χ3v) is 5.29. The molecule has 0 radical (unpaired) electrons. The minimum atomic E-state index is 0.00194. The summed E-state index contributed by atoms with van der Waals surface area (Å²) >= 11 is 0. The highest BCUT2D eigenvalue weighted by atomic mass is 16.5. The SMILES string of the molecule is CCN1CCN(C(CNC(=O)N(CC)CC)c2ccccc2OC)CC1. The monoisotopic (exact) mass is 362 g/mol. The van der Waals surface area contributed by atoms with E-state index < -0.39 is 0 Å². The Kier molecular flexibility index (Phi) is 8.19. The van der Waals surface area contributed by atoms with Crippen LogP contribution in [0.3, 0.4) is 0 Å². The molecular weight excluding hydrogens is 328 g/mol. The van der Waals surface area contributed by atoms with E-state index in [0.29, 0.717) is 6.54 Å². The van der Waals surface area contributed by atoms with Gasteiger partial charge in [0, 0.05) is 51.4 Å². The van der Waals surface area contributed by atoms with Crippen molar-refractivity contribution in [3.63, 3.8) is 0 Å². The summed E-state index contributed by atoms with van der Waals surface area (Å²) in [4.78, 5) is 19.2. The number of piperazine rings is 1. The number of amides is 2. The van der Waals surface area contributed by atoms with Crippen LogP contribution in [0.4, 0.5) is 4.79 Å². The van der Waals surface area contributed by atoms with Crippen LogP contribution in [0.2, 0.25) is 0 Å². The Morgan fingerprint density at radius 2 is 1.81 bits per heavy atom. The van der Waals surface area contributed by atoms with Crippen molar-refractivity contribution in [3.8, 4) is 5.75 Å². The van der Waals surface area contributed by atoms with Gasteiger partial charge in [-0.25, -0.2) is 4.79 Å². The van der Waals surface area contributed by atoms with Gasteiger partial charge in [-0.05, 0) is 26.5 Å². The van der Waals surface area contributed by atoms with Crippen molar-refractivity contribution in [2.45, 2.75) is 26.8 Å². The van der Waals surface area contributed by atoms with Gasteiger partial charge in [0.15, 0.2) is 0 Å². The first-order valence-corrected chi connectivity index (χ1v) is 9.76. The van der Waals surface area contributed by atoms with Crippen LogP contribution in [0.5, 0.6) is 5.75 Å². The Labute approximate surface area is 158 Å². The largest absolute Gasteiger partial charge is 0.496 e. The summed E-state index contributed by atoms with van der Waals surface area (Å²) in [6.07, 6.45) is 0. The molecule has 0 saturated carbocycles. The molecule has 0 bridgehead atoms. The van der Waals surface area contributed by atoms with Crippen molar-refractivity contribution < 1.29 is 9.53 Å². The molecule has 0 aromatic heterocycles. The first kappa shape index (κ1) is 20.5. The molecule has 146 valence electrons. The van der Waals surface area contributed by atoms with Gasteiger partial charge in [0.05, 0.1) is 13.2 Å². The van der Waals surface area contributed by atoms with Crippen LogP contribution >= 0.6 is 0 Å². The zero-order valence-corrected chi connectivity index (χ0v) is 16.7. The molecule has 26 heavy (non-hydrogen) atoms. The minimum absolute atomic E-state index is 0.00194. The van der Waals surface area contributed by atoms with E-state index in [1.807, 2.05) is 36.9 Å². The van der Waals surface area contributed by atoms with Crippen molar-refractivity contribution in [1.29, 1.82) is 0 Å². The summed E-state index contributed by atoms with van der Waals surface area (Å²) in [6.45, 7) is 13.4. The van der Waals surface area contributed by atoms with Gasteiger partial charge in [0.2, 0.25) is 0 Å². The summed E-state index contributed by atoms with van der Waals surface area (Å²) in [5.41, 5.74) is 1.14. The molecule has 1 fully saturated rings. The number of hydrogen-bond donors (Lipinski definition) is 1. The number of benzene rings is 1. The predicted octanol–water partition coefficient (Wildman–Crippen LogP) is 2.43. The number of ether oxygens (including phenoxy) is 1. The first-order chi connectivity index (χ1) is 12.6. The Bertz CT molecular complexity index is 554. The maximum absolute atomic E-state index is 12.4. The van der Waals surface area contributed by atoms with Crippen LogP contribution in [-0.4, -0.2) is 80.2 Å². The molecule has 2 amide bonds. The Hall–Kier alpha value is -1.79. The highest BCUT2D eigenvalue weighted by molar-refractivity contribution is 5.74. The molecule has 1 N–H and O–H groups in total. The topological polar surface area (TPSA) is 48.0 Å². The lowest BCUT2D eigenvalue weighted by Crippen LogP contribution is -2.50. The number of nitrogens with zero attached hydrogens (tertiary/aromatic N) is 3. The van der Waals surface area contributed by atoms with E-state index >= 15 is 0 Å². The molecule has 1 aromatic rings. The third-order valence-electron chi connectivity index (χ3n) is 5.29. The van der Waals surface area contributed by atoms with Gasteiger partial charge in [0.25, 0.3) is 0 Å². The standard InChI is InChI=1S/C20H34N4O2/c1-5-22-12-14-24(15-13-22)18(16-21-20(25)23(6-2)7-3)17-10-8-9-11-19(17)26-4/h8-11,18H,5-7,12-16H2,1-4H3,(H,21,25). The Balaban J connectivity index is 2.15. The molecule has 1 saturated heterocycles. The highest BCUT2D eigenvalue weighted by Crippen LogP contribution is 2.29. The molecule has 0 spiro atoms. The molecule has 1 aromatic carbocycles. The number of urea groups is 1. The molecule has 1 aliphatic rings. The first-order valence-electron chi connectivity index (χ1n) is 9.76. The minimum Gasteiger partial charge on any atom is -0.496 e. The summed E-state index contributed by atoms with van der Waals surface area (Å²) in [7, 11) is 1.71. The van der Waals surface area contributed by atoms with E-state index in [-0.39, 0.29) is 12.1 Å². The number of nitrogens with one attached hydrogen (secondary N) is 1. The second-order valence-corrected chi connectivity index (χ2v) is 6.59. The average Bonchev–Trinajstić information content (AvgIpc) is 2.70. The number of methoxy groups -OCH3 is 1. The second-order valence-electron chi connectivity index (χ2n) is 6.59. The van der Waals surface area contributed by atoms with E-state index in [0.717, 1.165) is 57.1 Å². The fraction of sp³-hybridized carbons (Fsp3) is 0.650. The summed E-state index contributed by atoms with van der Waals surface area (Å²) in [6, 6.07) is 8.25. The summed E-state index contributed by atoms with van der Waals surface area (Å²) in [5.74, 6) is 0.882. The smallest absolute Gasteiger partial charge is 0.317 e. The summed E-state index contributed by atoms with van der Waals surface area (Å²) in [5, 5.41) is 3.13. The van der Waals surface area contributed by atoms with Gasteiger partial charge < -0.3 is 19.9 Å². The molecule has 1 unspecified atom stereocenters. The van der Waals surface area contributed by atoms with Gasteiger partial charge in [-0.1, -0.05) is 25.1 Å².